The minimum absolute atomic E-state index is 0.0233. The number of carbonyl (C=O) groups is 2. The summed E-state index contributed by atoms with van der Waals surface area (Å²) in [5, 5.41) is 2.96. The van der Waals surface area contributed by atoms with Crippen molar-refractivity contribution in [1.82, 2.24) is 10.2 Å². The second-order valence-corrected chi connectivity index (χ2v) is 10.5. The molecule has 0 saturated carbocycles. The molecule has 0 heterocycles. The molecule has 0 aromatic heterocycles. The summed E-state index contributed by atoms with van der Waals surface area (Å²) in [6.45, 7) is 6.27. The number of hydrogen-bond acceptors (Lipinski definition) is 4. The summed E-state index contributed by atoms with van der Waals surface area (Å²) < 4.78 is 25.9. The van der Waals surface area contributed by atoms with Crippen LogP contribution in [-0.2, 0) is 26.0 Å². The average molecular weight is 488 g/mol. The fraction of sp³-hybridized carbons (Fsp3) is 0.462. The Morgan fingerprint density at radius 3 is 2.09 bits per heavy atom. The molecule has 2 aromatic rings. The number of para-hydroxylation sites is 1. The maximum absolute atomic E-state index is 13.2. The molecule has 2 amide bonds. The summed E-state index contributed by atoms with van der Waals surface area (Å²) >= 11 is 0. The minimum atomic E-state index is -3.48. The van der Waals surface area contributed by atoms with Gasteiger partial charge in [-0.15, -0.1) is 0 Å². The number of rotatable bonds is 13. The predicted molar refractivity (Wildman–Crippen MR) is 137 cm³/mol. The van der Waals surface area contributed by atoms with Gasteiger partial charge < -0.3 is 10.2 Å². The van der Waals surface area contributed by atoms with E-state index in [-0.39, 0.29) is 30.8 Å². The smallest absolute Gasteiger partial charge is 0.242 e. The first kappa shape index (κ1) is 27.4. The monoisotopic (exact) mass is 487 g/mol. The van der Waals surface area contributed by atoms with Gasteiger partial charge in [-0.05, 0) is 50.8 Å². The van der Waals surface area contributed by atoms with Crippen LogP contribution < -0.4 is 9.62 Å². The number of hydrogen-bond donors (Lipinski definition) is 1. The number of benzene rings is 2. The summed E-state index contributed by atoms with van der Waals surface area (Å²) in [4.78, 5) is 27.6. The maximum atomic E-state index is 13.2. The van der Waals surface area contributed by atoms with Crippen molar-refractivity contribution in [3.63, 3.8) is 0 Å². The topological polar surface area (TPSA) is 86.8 Å². The van der Waals surface area contributed by atoms with Gasteiger partial charge in [0.25, 0.3) is 0 Å². The van der Waals surface area contributed by atoms with E-state index >= 15 is 0 Å². The van der Waals surface area contributed by atoms with Crippen LogP contribution in [0.15, 0.2) is 60.7 Å². The number of amides is 2. The lowest BCUT2D eigenvalue weighted by Gasteiger charge is -2.30. The Morgan fingerprint density at radius 2 is 1.53 bits per heavy atom. The first-order valence-corrected chi connectivity index (χ1v) is 13.6. The summed E-state index contributed by atoms with van der Waals surface area (Å²) in [6.07, 6.45) is 3.09. The van der Waals surface area contributed by atoms with E-state index in [1.807, 2.05) is 50.2 Å². The van der Waals surface area contributed by atoms with Gasteiger partial charge in [0.1, 0.15) is 6.04 Å². The van der Waals surface area contributed by atoms with Crippen LogP contribution in [0, 0.1) is 0 Å². The second-order valence-electron chi connectivity index (χ2n) is 8.59. The fourth-order valence-corrected chi connectivity index (χ4v) is 4.60. The Kier molecular flexibility index (Phi) is 10.6. The van der Waals surface area contributed by atoms with Gasteiger partial charge in [-0.1, -0.05) is 55.5 Å². The van der Waals surface area contributed by atoms with Crippen LogP contribution in [0.1, 0.15) is 45.6 Å². The SMILES string of the molecule is CC[C@@H](C)NC(=O)[C@H](C)N(CCc1ccccc1)C(=O)CCCN(c1ccccc1)S(C)(=O)=O. The minimum Gasteiger partial charge on any atom is -0.352 e. The molecule has 0 bridgehead atoms. The van der Waals surface area contributed by atoms with E-state index in [4.69, 9.17) is 0 Å². The zero-order valence-electron chi connectivity index (χ0n) is 20.6. The largest absolute Gasteiger partial charge is 0.352 e. The van der Waals surface area contributed by atoms with Crippen LogP contribution in [0.3, 0.4) is 0 Å². The number of sulfonamides is 1. The molecular formula is C26H37N3O4S. The van der Waals surface area contributed by atoms with Gasteiger partial charge in [0.05, 0.1) is 11.9 Å². The number of carbonyl (C=O) groups excluding carboxylic acids is 2. The Labute approximate surface area is 204 Å². The molecule has 0 saturated heterocycles. The van der Waals surface area contributed by atoms with E-state index in [1.54, 1.807) is 36.1 Å². The van der Waals surface area contributed by atoms with E-state index in [0.717, 1.165) is 18.2 Å². The van der Waals surface area contributed by atoms with Gasteiger partial charge in [0.15, 0.2) is 0 Å². The number of nitrogens with zero attached hydrogens (tertiary/aromatic N) is 2. The molecule has 2 atom stereocenters. The Bertz CT molecular complexity index is 1010. The third-order valence-corrected chi connectivity index (χ3v) is 7.04. The quantitative estimate of drug-likeness (QED) is 0.468. The second kappa shape index (κ2) is 13.1. The van der Waals surface area contributed by atoms with Gasteiger partial charge in [0, 0.05) is 25.6 Å². The molecule has 0 unspecified atom stereocenters. The highest BCUT2D eigenvalue weighted by Gasteiger charge is 2.26. The molecule has 7 nitrogen and oxygen atoms in total. The zero-order chi connectivity index (χ0) is 25.1. The van der Waals surface area contributed by atoms with Crippen molar-refractivity contribution >= 4 is 27.5 Å². The molecule has 34 heavy (non-hydrogen) atoms. The summed E-state index contributed by atoms with van der Waals surface area (Å²) in [5.41, 5.74) is 1.65. The van der Waals surface area contributed by atoms with Gasteiger partial charge >= 0.3 is 0 Å². The van der Waals surface area contributed by atoms with Crippen molar-refractivity contribution < 1.29 is 18.0 Å². The van der Waals surface area contributed by atoms with Crippen LogP contribution in [0.5, 0.6) is 0 Å². The third-order valence-electron chi connectivity index (χ3n) is 5.85. The molecule has 2 aromatic carbocycles. The van der Waals surface area contributed by atoms with Crippen LogP contribution in [0.4, 0.5) is 5.69 Å². The lowest BCUT2D eigenvalue weighted by Crippen LogP contribution is -2.50. The third kappa shape index (κ3) is 8.48. The van der Waals surface area contributed by atoms with E-state index in [0.29, 0.717) is 25.1 Å². The van der Waals surface area contributed by atoms with Crippen LogP contribution in [-0.4, -0.2) is 56.6 Å². The van der Waals surface area contributed by atoms with Crippen LogP contribution in [0.25, 0.3) is 0 Å². The van der Waals surface area contributed by atoms with Gasteiger partial charge in [-0.2, -0.15) is 0 Å². The molecule has 0 radical (unpaired) electrons. The van der Waals surface area contributed by atoms with E-state index in [9.17, 15) is 18.0 Å². The Hall–Kier alpha value is -2.87. The highest BCUT2D eigenvalue weighted by Crippen LogP contribution is 2.18. The maximum Gasteiger partial charge on any atom is 0.242 e. The van der Waals surface area contributed by atoms with E-state index in [1.165, 1.54) is 4.31 Å². The molecule has 0 spiro atoms. The van der Waals surface area contributed by atoms with Crippen molar-refractivity contribution in [3.8, 4) is 0 Å². The highest BCUT2D eigenvalue weighted by atomic mass is 32.2. The van der Waals surface area contributed by atoms with E-state index in [2.05, 4.69) is 5.32 Å². The standard InChI is InChI=1S/C26H37N3O4S/c1-5-21(2)27-26(31)22(3)28(20-18-23-13-8-6-9-14-23)25(30)17-12-19-29(34(4,32)33)24-15-10-7-11-16-24/h6-11,13-16,21-22H,5,12,17-20H2,1-4H3,(H,27,31)/t21-,22+/m1/s1. The van der Waals surface area contributed by atoms with Crippen molar-refractivity contribution in [2.45, 2.75) is 58.5 Å². The highest BCUT2D eigenvalue weighted by molar-refractivity contribution is 7.92. The molecule has 1 N–H and O–H groups in total. The summed E-state index contributed by atoms with van der Waals surface area (Å²) in [5.74, 6) is -0.345. The van der Waals surface area contributed by atoms with Gasteiger partial charge in [-0.3, -0.25) is 13.9 Å². The fourth-order valence-electron chi connectivity index (χ4n) is 3.63. The lowest BCUT2D eigenvalue weighted by molar-refractivity contribution is -0.140. The molecule has 0 aliphatic carbocycles. The first-order valence-electron chi connectivity index (χ1n) is 11.8. The van der Waals surface area contributed by atoms with Crippen LogP contribution >= 0.6 is 0 Å². The predicted octanol–water partition coefficient (Wildman–Crippen LogP) is 3.61. The zero-order valence-corrected chi connectivity index (χ0v) is 21.4. The molecule has 0 aliphatic heterocycles. The van der Waals surface area contributed by atoms with Crippen molar-refractivity contribution in [3.05, 3.63) is 66.2 Å². The van der Waals surface area contributed by atoms with E-state index < -0.39 is 16.1 Å². The summed E-state index contributed by atoms with van der Waals surface area (Å²) in [6, 6.07) is 18.1. The average Bonchev–Trinajstić information content (AvgIpc) is 2.82. The van der Waals surface area contributed by atoms with Crippen molar-refractivity contribution in [2.24, 2.45) is 0 Å². The summed E-state index contributed by atoms with van der Waals surface area (Å²) in [7, 11) is -3.48. The normalized spacial score (nSPS) is 13.1. The lowest BCUT2D eigenvalue weighted by atomic mass is 10.1. The Balaban J connectivity index is 2.09. The van der Waals surface area contributed by atoms with Crippen LogP contribution in [0.2, 0.25) is 0 Å². The molecule has 0 fully saturated rings. The van der Waals surface area contributed by atoms with Crippen molar-refractivity contribution in [1.29, 1.82) is 0 Å². The van der Waals surface area contributed by atoms with Gasteiger partial charge in [0.2, 0.25) is 21.8 Å². The first-order chi connectivity index (χ1) is 16.1. The molecule has 0 aliphatic rings. The molecule has 2 rings (SSSR count). The molecular weight excluding hydrogens is 450 g/mol. The number of nitrogens with one attached hydrogen (secondary N) is 1. The van der Waals surface area contributed by atoms with Gasteiger partial charge in [-0.25, -0.2) is 8.42 Å². The van der Waals surface area contributed by atoms with Crippen molar-refractivity contribution in [2.75, 3.05) is 23.7 Å². The molecule has 186 valence electrons. The number of anilines is 1. The Morgan fingerprint density at radius 1 is 0.941 bits per heavy atom. The molecule has 8 heteroatoms.